The standard InChI is InChI=1S/C9H14ClN3S/c1-4-5-13(2)8-6-7(10)11-9(12-8)14-3/h6H,4-5H2,1-3H3. The average molecular weight is 232 g/mol. The largest absolute Gasteiger partial charge is 0.360 e. The highest BCUT2D eigenvalue weighted by Gasteiger charge is 2.05. The van der Waals surface area contributed by atoms with Crippen molar-refractivity contribution in [3.63, 3.8) is 0 Å². The SMILES string of the molecule is CCCN(C)c1cc(Cl)nc(SC)n1. The first kappa shape index (κ1) is 11.6. The smallest absolute Gasteiger partial charge is 0.190 e. The maximum absolute atomic E-state index is 5.88. The van der Waals surface area contributed by atoms with E-state index in [-0.39, 0.29) is 0 Å². The summed E-state index contributed by atoms with van der Waals surface area (Å²) in [7, 11) is 2.01. The molecule has 0 aliphatic rings. The van der Waals surface area contributed by atoms with Gasteiger partial charge in [0, 0.05) is 19.7 Å². The van der Waals surface area contributed by atoms with Gasteiger partial charge in [-0.15, -0.1) is 0 Å². The molecule has 0 fully saturated rings. The third-order valence-electron chi connectivity index (χ3n) is 1.79. The topological polar surface area (TPSA) is 29.0 Å². The lowest BCUT2D eigenvalue weighted by Crippen LogP contribution is -2.19. The number of halogens is 1. The lowest BCUT2D eigenvalue weighted by molar-refractivity contribution is 0.817. The Morgan fingerprint density at radius 2 is 2.21 bits per heavy atom. The monoisotopic (exact) mass is 231 g/mol. The van der Waals surface area contributed by atoms with Gasteiger partial charge < -0.3 is 4.90 Å². The molecule has 3 nitrogen and oxygen atoms in total. The zero-order valence-corrected chi connectivity index (χ0v) is 10.2. The van der Waals surface area contributed by atoms with Gasteiger partial charge in [-0.2, -0.15) is 0 Å². The highest BCUT2D eigenvalue weighted by Crippen LogP contribution is 2.19. The van der Waals surface area contributed by atoms with Crippen molar-refractivity contribution in [1.29, 1.82) is 0 Å². The van der Waals surface area contributed by atoms with Gasteiger partial charge in [-0.05, 0) is 12.7 Å². The van der Waals surface area contributed by atoms with Gasteiger partial charge in [-0.1, -0.05) is 30.3 Å². The molecule has 0 aliphatic heterocycles. The molecule has 1 rings (SSSR count). The summed E-state index contributed by atoms with van der Waals surface area (Å²) < 4.78 is 0. The molecule has 5 heteroatoms. The first-order valence-electron chi connectivity index (χ1n) is 4.47. The molecule has 0 amide bonds. The van der Waals surface area contributed by atoms with Crippen LogP contribution in [0.4, 0.5) is 5.82 Å². The van der Waals surface area contributed by atoms with Crippen LogP contribution >= 0.6 is 23.4 Å². The van der Waals surface area contributed by atoms with E-state index in [1.807, 2.05) is 13.3 Å². The molecule has 0 saturated heterocycles. The number of nitrogens with zero attached hydrogens (tertiary/aromatic N) is 3. The summed E-state index contributed by atoms with van der Waals surface area (Å²) in [6.45, 7) is 3.11. The third-order valence-corrected chi connectivity index (χ3v) is 2.53. The van der Waals surface area contributed by atoms with Crippen molar-refractivity contribution in [2.24, 2.45) is 0 Å². The zero-order chi connectivity index (χ0) is 10.6. The van der Waals surface area contributed by atoms with E-state index >= 15 is 0 Å². The van der Waals surface area contributed by atoms with Crippen molar-refractivity contribution in [2.45, 2.75) is 18.5 Å². The van der Waals surface area contributed by atoms with Crippen LogP contribution in [-0.2, 0) is 0 Å². The van der Waals surface area contributed by atoms with Crippen LogP contribution in [0.15, 0.2) is 11.2 Å². The zero-order valence-electron chi connectivity index (χ0n) is 8.62. The van der Waals surface area contributed by atoms with Crippen LogP contribution in [0.3, 0.4) is 0 Å². The number of hydrogen-bond donors (Lipinski definition) is 0. The van der Waals surface area contributed by atoms with Gasteiger partial charge in [-0.3, -0.25) is 0 Å². The Morgan fingerprint density at radius 1 is 1.50 bits per heavy atom. The second-order valence-electron chi connectivity index (χ2n) is 2.96. The number of anilines is 1. The average Bonchev–Trinajstić information content (AvgIpc) is 2.17. The predicted octanol–water partition coefficient (Wildman–Crippen LogP) is 2.70. The van der Waals surface area contributed by atoms with Crippen molar-refractivity contribution >= 4 is 29.2 Å². The van der Waals surface area contributed by atoms with E-state index < -0.39 is 0 Å². The lowest BCUT2D eigenvalue weighted by Gasteiger charge is -2.17. The van der Waals surface area contributed by atoms with Crippen LogP contribution in [0.1, 0.15) is 13.3 Å². The summed E-state index contributed by atoms with van der Waals surface area (Å²) in [5, 5.41) is 1.22. The molecule has 0 N–H and O–H groups in total. The minimum Gasteiger partial charge on any atom is -0.360 e. The van der Waals surface area contributed by atoms with Gasteiger partial charge in [-0.25, -0.2) is 9.97 Å². The molecule has 0 spiro atoms. The van der Waals surface area contributed by atoms with Crippen molar-refractivity contribution in [3.05, 3.63) is 11.2 Å². The molecule has 1 aromatic heterocycles. The molecule has 14 heavy (non-hydrogen) atoms. The molecule has 0 aromatic carbocycles. The Hall–Kier alpha value is -0.480. The normalized spacial score (nSPS) is 10.3. The molecule has 1 aromatic rings. The maximum Gasteiger partial charge on any atom is 0.190 e. The van der Waals surface area contributed by atoms with E-state index in [1.54, 1.807) is 6.07 Å². The Balaban J connectivity index is 2.90. The summed E-state index contributed by atoms with van der Waals surface area (Å²) in [5.41, 5.74) is 0. The first-order valence-corrected chi connectivity index (χ1v) is 6.07. The molecule has 0 aliphatic carbocycles. The Kier molecular flexibility index (Phi) is 4.48. The van der Waals surface area contributed by atoms with E-state index in [9.17, 15) is 0 Å². The number of hydrogen-bond acceptors (Lipinski definition) is 4. The molecule has 0 atom stereocenters. The molecular weight excluding hydrogens is 218 g/mol. The van der Waals surface area contributed by atoms with E-state index in [4.69, 9.17) is 11.6 Å². The van der Waals surface area contributed by atoms with Gasteiger partial charge in [0.15, 0.2) is 5.16 Å². The summed E-state index contributed by atoms with van der Waals surface area (Å²) in [6.07, 6.45) is 3.03. The summed E-state index contributed by atoms with van der Waals surface area (Å²) >= 11 is 7.38. The Bertz CT molecular complexity index is 306. The fourth-order valence-corrected chi connectivity index (χ4v) is 1.72. The van der Waals surface area contributed by atoms with E-state index in [0.29, 0.717) is 5.15 Å². The number of aromatic nitrogens is 2. The molecule has 0 bridgehead atoms. The second-order valence-corrected chi connectivity index (χ2v) is 4.12. The van der Waals surface area contributed by atoms with Gasteiger partial charge in [0.2, 0.25) is 0 Å². The van der Waals surface area contributed by atoms with Gasteiger partial charge in [0.25, 0.3) is 0 Å². The molecule has 78 valence electrons. The highest BCUT2D eigenvalue weighted by atomic mass is 35.5. The first-order chi connectivity index (χ1) is 6.67. The van der Waals surface area contributed by atoms with Crippen LogP contribution in [0.2, 0.25) is 5.15 Å². The lowest BCUT2D eigenvalue weighted by atomic mass is 10.4. The minimum atomic E-state index is 0.502. The Labute approximate surface area is 93.9 Å². The quantitative estimate of drug-likeness (QED) is 0.453. The number of rotatable bonds is 4. The van der Waals surface area contributed by atoms with Gasteiger partial charge in [0.1, 0.15) is 11.0 Å². The molecule has 0 radical (unpaired) electrons. The van der Waals surface area contributed by atoms with Crippen molar-refractivity contribution in [3.8, 4) is 0 Å². The molecule has 1 heterocycles. The minimum absolute atomic E-state index is 0.502. The van der Waals surface area contributed by atoms with Crippen LogP contribution in [0, 0.1) is 0 Å². The second kappa shape index (κ2) is 5.41. The van der Waals surface area contributed by atoms with Crippen molar-refractivity contribution < 1.29 is 0 Å². The maximum atomic E-state index is 5.88. The van der Waals surface area contributed by atoms with Crippen LogP contribution < -0.4 is 4.90 Å². The predicted molar refractivity (Wildman–Crippen MR) is 62.4 cm³/mol. The summed E-state index contributed by atoms with van der Waals surface area (Å²) in [4.78, 5) is 10.5. The van der Waals surface area contributed by atoms with E-state index in [1.165, 1.54) is 11.8 Å². The van der Waals surface area contributed by atoms with Crippen LogP contribution in [0.25, 0.3) is 0 Å². The van der Waals surface area contributed by atoms with Gasteiger partial charge >= 0.3 is 0 Å². The highest BCUT2D eigenvalue weighted by molar-refractivity contribution is 7.98. The summed E-state index contributed by atoms with van der Waals surface area (Å²) in [5.74, 6) is 0.885. The van der Waals surface area contributed by atoms with Gasteiger partial charge in [0.05, 0.1) is 0 Å². The molecule has 0 unspecified atom stereocenters. The van der Waals surface area contributed by atoms with Crippen molar-refractivity contribution in [2.75, 3.05) is 24.7 Å². The van der Waals surface area contributed by atoms with Crippen LogP contribution in [-0.4, -0.2) is 29.8 Å². The molecular formula is C9H14ClN3S. The summed E-state index contributed by atoms with van der Waals surface area (Å²) in [6, 6.07) is 1.79. The fraction of sp³-hybridized carbons (Fsp3) is 0.556. The fourth-order valence-electron chi connectivity index (χ4n) is 1.12. The van der Waals surface area contributed by atoms with E-state index in [2.05, 4.69) is 21.8 Å². The third kappa shape index (κ3) is 3.03. The van der Waals surface area contributed by atoms with Crippen molar-refractivity contribution in [1.82, 2.24) is 9.97 Å². The molecule has 0 saturated carbocycles. The van der Waals surface area contributed by atoms with Crippen LogP contribution in [0.5, 0.6) is 0 Å². The number of thioether (sulfide) groups is 1. The Morgan fingerprint density at radius 3 is 2.79 bits per heavy atom. The van der Waals surface area contributed by atoms with E-state index in [0.717, 1.165) is 23.9 Å².